The normalized spacial score (nSPS) is 17.6. The first-order chi connectivity index (χ1) is 9.50. The maximum absolute atomic E-state index is 12.3. The van der Waals surface area contributed by atoms with Gasteiger partial charge in [-0.25, -0.2) is 9.36 Å². The number of unbranched alkanes of at least 4 members (excludes halogenated alkanes) is 1. The van der Waals surface area contributed by atoms with Gasteiger partial charge in [0.15, 0.2) is 17.8 Å². The Bertz CT molecular complexity index is 531. The van der Waals surface area contributed by atoms with Crippen LogP contribution >= 0.6 is 0 Å². The molecular formula is C14H18N3O3+. The first-order valence-electron chi connectivity index (χ1n) is 6.63. The highest BCUT2D eigenvalue weighted by atomic mass is 16.2. The maximum Gasteiger partial charge on any atom is 0.328 e. The summed E-state index contributed by atoms with van der Waals surface area (Å²) in [7, 11) is 1.85. The highest BCUT2D eigenvalue weighted by molar-refractivity contribution is 6.22. The lowest BCUT2D eigenvalue weighted by molar-refractivity contribution is -0.671. The Morgan fingerprint density at radius 2 is 1.65 bits per heavy atom. The molecule has 0 bridgehead atoms. The lowest BCUT2D eigenvalue weighted by Crippen LogP contribution is -2.64. The number of nitrogens with one attached hydrogen (secondary N) is 2. The second-order valence-electron chi connectivity index (χ2n) is 5.00. The SMILES string of the molecule is CCCCC1(c2cc[n+](C)cc2)C(=O)NC(=O)NC1=O. The monoisotopic (exact) mass is 276 g/mol. The summed E-state index contributed by atoms with van der Waals surface area (Å²) in [5.41, 5.74) is -0.718. The molecule has 1 saturated heterocycles. The number of aromatic nitrogens is 1. The molecule has 0 aliphatic carbocycles. The molecule has 1 aliphatic heterocycles. The molecule has 0 saturated carbocycles. The van der Waals surface area contributed by atoms with Crippen molar-refractivity contribution in [1.82, 2.24) is 10.6 Å². The van der Waals surface area contributed by atoms with Crippen molar-refractivity contribution in [1.29, 1.82) is 0 Å². The van der Waals surface area contributed by atoms with E-state index in [1.165, 1.54) is 0 Å². The Labute approximate surface area is 117 Å². The summed E-state index contributed by atoms with van der Waals surface area (Å²) in [6.45, 7) is 1.99. The minimum absolute atomic E-state index is 0.377. The molecule has 1 aliphatic rings. The molecule has 2 N–H and O–H groups in total. The van der Waals surface area contributed by atoms with Crippen molar-refractivity contribution in [2.75, 3.05) is 0 Å². The van der Waals surface area contributed by atoms with Gasteiger partial charge in [0.1, 0.15) is 7.05 Å². The molecule has 6 nitrogen and oxygen atoms in total. The Kier molecular flexibility index (Phi) is 3.83. The van der Waals surface area contributed by atoms with Crippen molar-refractivity contribution >= 4 is 17.8 Å². The summed E-state index contributed by atoms with van der Waals surface area (Å²) in [5, 5.41) is 4.41. The fourth-order valence-corrected chi connectivity index (χ4v) is 2.42. The summed E-state index contributed by atoms with van der Waals surface area (Å²) < 4.78 is 1.82. The minimum atomic E-state index is -1.32. The van der Waals surface area contributed by atoms with Gasteiger partial charge in [-0.3, -0.25) is 20.2 Å². The molecular weight excluding hydrogens is 258 g/mol. The Morgan fingerprint density at radius 1 is 1.10 bits per heavy atom. The van der Waals surface area contributed by atoms with Gasteiger partial charge in [-0.05, 0) is 12.0 Å². The zero-order valence-corrected chi connectivity index (χ0v) is 11.6. The number of imide groups is 2. The van der Waals surface area contributed by atoms with Crippen molar-refractivity contribution in [3.05, 3.63) is 30.1 Å². The summed E-state index contributed by atoms with van der Waals surface area (Å²) in [6, 6.07) is 2.73. The van der Waals surface area contributed by atoms with E-state index in [9.17, 15) is 14.4 Å². The van der Waals surface area contributed by atoms with Crippen LogP contribution in [0.25, 0.3) is 0 Å². The second-order valence-corrected chi connectivity index (χ2v) is 5.00. The van der Waals surface area contributed by atoms with Crippen LogP contribution in [0.3, 0.4) is 0 Å². The van der Waals surface area contributed by atoms with E-state index in [-0.39, 0.29) is 0 Å². The number of carbonyl (C=O) groups excluding carboxylic acids is 3. The number of carbonyl (C=O) groups is 3. The molecule has 0 unspecified atom stereocenters. The van der Waals surface area contributed by atoms with Crippen LogP contribution in [0, 0.1) is 0 Å². The fourth-order valence-electron chi connectivity index (χ4n) is 2.42. The molecule has 2 heterocycles. The lowest BCUT2D eigenvalue weighted by atomic mass is 9.74. The number of hydrogen-bond donors (Lipinski definition) is 2. The highest BCUT2D eigenvalue weighted by Crippen LogP contribution is 2.32. The Hall–Kier alpha value is -2.24. The zero-order valence-electron chi connectivity index (χ0n) is 11.6. The third kappa shape index (κ3) is 2.29. The van der Waals surface area contributed by atoms with E-state index in [4.69, 9.17) is 0 Å². The van der Waals surface area contributed by atoms with E-state index in [1.54, 1.807) is 24.5 Å². The van der Waals surface area contributed by atoms with Crippen LogP contribution in [0.15, 0.2) is 24.5 Å². The van der Waals surface area contributed by atoms with E-state index in [1.807, 2.05) is 18.5 Å². The lowest BCUT2D eigenvalue weighted by Gasteiger charge is -2.33. The quantitative estimate of drug-likeness (QED) is 0.613. The average Bonchev–Trinajstić information content (AvgIpc) is 2.40. The maximum atomic E-state index is 12.3. The summed E-state index contributed by atoms with van der Waals surface area (Å²) in [4.78, 5) is 35.9. The minimum Gasteiger partial charge on any atom is -0.277 e. The summed E-state index contributed by atoms with van der Waals surface area (Å²) in [5.74, 6) is -1.10. The number of aryl methyl sites for hydroxylation is 1. The van der Waals surface area contributed by atoms with Crippen LogP contribution in [0.1, 0.15) is 31.7 Å². The third-order valence-corrected chi connectivity index (χ3v) is 3.61. The van der Waals surface area contributed by atoms with E-state index >= 15 is 0 Å². The molecule has 106 valence electrons. The van der Waals surface area contributed by atoms with E-state index in [0.717, 1.165) is 12.8 Å². The average molecular weight is 276 g/mol. The number of amides is 4. The third-order valence-electron chi connectivity index (χ3n) is 3.61. The van der Waals surface area contributed by atoms with Crippen molar-refractivity contribution in [2.24, 2.45) is 7.05 Å². The number of rotatable bonds is 4. The number of urea groups is 1. The number of barbiturate groups is 1. The number of pyridine rings is 1. The van der Waals surface area contributed by atoms with Crippen LogP contribution in [0.4, 0.5) is 4.79 Å². The summed E-state index contributed by atoms with van der Waals surface area (Å²) in [6.07, 6.45) is 5.51. The fraction of sp³-hybridized carbons (Fsp3) is 0.429. The molecule has 6 heteroatoms. The van der Waals surface area contributed by atoms with E-state index < -0.39 is 23.3 Å². The van der Waals surface area contributed by atoms with Crippen LogP contribution in [0.5, 0.6) is 0 Å². The molecule has 4 amide bonds. The van der Waals surface area contributed by atoms with Gasteiger partial charge in [0, 0.05) is 12.1 Å². The van der Waals surface area contributed by atoms with Gasteiger partial charge in [-0.1, -0.05) is 19.8 Å². The second kappa shape index (κ2) is 5.40. The molecule has 2 rings (SSSR count). The topological polar surface area (TPSA) is 79.2 Å². The van der Waals surface area contributed by atoms with Crippen molar-refractivity contribution in [2.45, 2.75) is 31.6 Å². The standard InChI is InChI=1S/C14H17N3O3/c1-3-4-7-14(10-5-8-17(2)9-6-10)11(18)15-13(20)16-12(14)19/h5-6,8-9H,3-4,7H2,1-2H3,(H-,15,16,18,19,20)/p+1. The van der Waals surface area contributed by atoms with Crippen LogP contribution in [-0.4, -0.2) is 17.8 Å². The molecule has 1 aromatic heterocycles. The smallest absolute Gasteiger partial charge is 0.277 e. The predicted molar refractivity (Wildman–Crippen MR) is 70.5 cm³/mol. The van der Waals surface area contributed by atoms with Crippen LogP contribution in [0.2, 0.25) is 0 Å². The zero-order chi connectivity index (χ0) is 14.8. The Balaban J connectivity index is 2.49. The molecule has 1 aromatic rings. The van der Waals surface area contributed by atoms with E-state index in [0.29, 0.717) is 12.0 Å². The number of hydrogen-bond acceptors (Lipinski definition) is 3. The van der Waals surface area contributed by atoms with Crippen molar-refractivity contribution < 1.29 is 19.0 Å². The van der Waals surface area contributed by atoms with Gasteiger partial charge in [0.2, 0.25) is 11.8 Å². The molecule has 1 fully saturated rings. The predicted octanol–water partition coefficient (Wildman–Crippen LogP) is 0.305. The van der Waals surface area contributed by atoms with Crippen molar-refractivity contribution in [3.8, 4) is 0 Å². The molecule has 20 heavy (non-hydrogen) atoms. The largest absolute Gasteiger partial charge is 0.328 e. The van der Waals surface area contributed by atoms with Gasteiger partial charge < -0.3 is 0 Å². The van der Waals surface area contributed by atoms with Gasteiger partial charge >= 0.3 is 6.03 Å². The molecule has 0 radical (unpaired) electrons. The number of nitrogens with zero attached hydrogens (tertiary/aromatic N) is 1. The molecule has 0 spiro atoms. The van der Waals surface area contributed by atoms with Gasteiger partial charge in [0.25, 0.3) is 0 Å². The van der Waals surface area contributed by atoms with Gasteiger partial charge in [0.05, 0.1) is 0 Å². The molecule has 0 atom stereocenters. The van der Waals surface area contributed by atoms with Crippen molar-refractivity contribution in [3.63, 3.8) is 0 Å². The van der Waals surface area contributed by atoms with Crippen LogP contribution in [-0.2, 0) is 22.1 Å². The molecule has 0 aromatic carbocycles. The van der Waals surface area contributed by atoms with Gasteiger partial charge in [-0.2, -0.15) is 0 Å². The summed E-state index contributed by atoms with van der Waals surface area (Å²) >= 11 is 0. The Morgan fingerprint density at radius 3 is 2.15 bits per heavy atom. The van der Waals surface area contributed by atoms with Crippen LogP contribution < -0.4 is 15.2 Å². The first-order valence-corrected chi connectivity index (χ1v) is 6.63. The highest BCUT2D eigenvalue weighted by Gasteiger charge is 2.51. The van der Waals surface area contributed by atoms with Gasteiger partial charge in [-0.15, -0.1) is 0 Å². The van der Waals surface area contributed by atoms with E-state index in [2.05, 4.69) is 10.6 Å². The first kappa shape index (κ1) is 14.2.